The monoisotopic (exact) mass is 340 g/mol. The van der Waals surface area contributed by atoms with Gasteiger partial charge in [0.1, 0.15) is 11.6 Å². The first-order valence-electron chi connectivity index (χ1n) is 7.30. The third-order valence-electron chi connectivity index (χ3n) is 3.25. The Morgan fingerprint density at radius 3 is 2.88 bits per heavy atom. The Morgan fingerprint density at radius 1 is 1.33 bits per heavy atom. The summed E-state index contributed by atoms with van der Waals surface area (Å²) in [4.78, 5) is 17.2. The minimum atomic E-state index is -0.175. The first kappa shape index (κ1) is 15.9. The van der Waals surface area contributed by atoms with E-state index in [4.69, 9.17) is 4.74 Å². The molecule has 122 valence electrons. The summed E-state index contributed by atoms with van der Waals surface area (Å²) in [5, 5.41) is 11.7. The van der Waals surface area contributed by atoms with Gasteiger partial charge in [0.25, 0.3) is 0 Å². The van der Waals surface area contributed by atoms with Gasteiger partial charge in [-0.3, -0.25) is 9.89 Å². The van der Waals surface area contributed by atoms with Crippen LogP contribution in [0.5, 0.6) is 5.75 Å². The van der Waals surface area contributed by atoms with Crippen molar-refractivity contribution in [3.05, 3.63) is 58.6 Å². The Morgan fingerprint density at radius 2 is 2.17 bits per heavy atom. The Hall–Kier alpha value is -2.93. The molecular weight excluding hydrogens is 324 g/mol. The van der Waals surface area contributed by atoms with Crippen molar-refractivity contribution in [1.29, 1.82) is 0 Å². The van der Waals surface area contributed by atoms with Crippen molar-refractivity contribution in [2.75, 3.05) is 7.11 Å². The molecule has 2 N–H and O–H groups in total. The van der Waals surface area contributed by atoms with Crippen LogP contribution in [0, 0.1) is 0 Å². The molecule has 24 heavy (non-hydrogen) atoms. The quantitative estimate of drug-likeness (QED) is 0.676. The van der Waals surface area contributed by atoms with Gasteiger partial charge in [0.2, 0.25) is 5.91 Å². The van der Waals surface area contributed by atoms with E-state index in [1.54, 1.807) is 24.5 Å². The fourth-order valence-electron chi connectivity index (χ4n) is 2.02. The summed E-state index contributed by atoms with van der Waals surface area (Å²) < 4.78 is 5.12. The maximum Gasteiger partial charge on any atom is 0.244 e. The molecule has 1 aromatic carbocycles. The van der Waals surface area contributed by atoms with Crippen LogP contribution in [0.3, 0.4) is 0 Å². The fourth-order valence-corrected chi connectivity index (χ4v) is 2.64. The molecule has 0 aliphatic carbocycles. The number of rotatable bonds is 6. The van der Waals surface area contributed by atoms with Crippen molar-refractivity contribution < 1.29 is 9.53 Å². The van der Waals surface area contributed by atoms with Crippen molar-refractivity contribution in [2.24, 2.45) is 0 Å². The van der Waals surface area contributed by atoms with Crippen LogP contribution in [0.15, 0.2) is 47.9 Å². The molecule has 0 saturated heterocycles. The van der Waals surface area contributed by atoms with Crippen LogP contribution < -0.4 is 10.1 Å². The standard InChI is InChI=1S/C17H16N4O2S/c1-23-13-6-4-12(5-7-13)17-19-15(20-21-17)11-18-16(22)9-8-14-3-2-10-24-14/h2-10H,11H2,1H3,(H,18,22)(H,19,20,21). The van der Waals surface area contributed by atoms with E-state index in [1.165, 1.54) is 6.08 Å². The number of aromatic nitrogens is 3. The highest BCUT2D eigenvalue weighted by molar-refractivity contribution is 7.10. The molecular formula is C17H16N4O2S. The first-order chi connectivity index (χ1) is 11.7. The number of ether oxygens (including phenoxy) is 1. The van der Waals surface area contributed by atoms with E-state index in [9.17, 15) is 4.79 Å². The summed E-state index contributed by atoms with van der Waals surface area (Å²) in [6.07, 6.45) is 3.29. The molecule has 0 aliphatic rings. The average Bonchev–Trinajstić information content (AvgIpc) is 3.30. The average molecular weight is 340 g/mol. The lowest BCUT2D eigenvalue weighted by Crippen LogP contribution is -2.20. The molecule has 0 unspecified atom stereocenters. The third-order valence-corrected chi connectivity index (χ3v) is 4.09. The van der Waals surface area contributed by atoms with E-state index >= 15 is 0 Å². The van der Waals surface area contributed by atoms with Gasteiger partial charge in [-0.15, -0.1) is 11.3 Å². The molecule has 2 aromatic heterocycles. The predicted molar refractivity (Wildman–Crippen MR) is 93.6 cm³/mol. The van der Waals surface area contributed by atoms with E-state index in [2.05, 4.69) is 20.5 Å². The number of benzene rings is 1. The highest BCUT2D eigenvalue weighted by atomic mass is 32.1. The smallest absolute Gasteiger partial charge is 0.244 e. The van der Waals surface area contributed by atoms with E-state index in [0.29, 0.717) is 11.6 Å². The number of H-pyrrole nitrogens is 1. The number of nitrogens with zero attached hydrogens (tertiary/aromatic N) is 2. The van der Waals surface area contributed by atoms with E-state index in [0.717, 1.165) is 16.2 Å². The molecule has 0 atom stereocenters. The summed E-state index contributed by atoms with van der Waals surface area (Å²) >= 11 is 1.58. The van der Waals surface area contributed by atoms with Crippen LogP contribution in [0.4, 0.5) is 0 Å². The predicted octanol–water partition coefficient (Wildman–Crippen LogP) is 2.87. The van der Waals surface area contributed by atoms with Crippen molar-refractivity contribution >= 4 is 23.3 Å². The fraction of sp³-hybridized carbons (Fsp3) is 0.118. The molecule has 1 amide bonds. The highest BCUT2D eigenvalue weighted by Crippen LogP contribution is 2.18. The molecule has 2 heterocycles. The molecule has 0 radical (unpaired) electrons. The maximum atomic E-state index is 11.8. The maximum absolute atomic E-state index is 11.8. The van der Waals surface area contributed by atoms with Crippen LogP contribution in [0.1, 0.15) is 10.7 Å². The Balaban J connectivity index is 1.56. The minimum absolute atomic E-state index is 0.175. The molecule has 0 spiro atoms. The Kier molecular flexibility index (Phi) is 5.02. The minimum Gasteiger partial charge on any atom is -0.497 e. The molecule has 0 saturated carbocycles. The lowest BCUT2D eigenvalue weighted by atomic mass is 10.2. The second-order valence-corrected chi connectivity index (χ2v) is 5.88. The lowest BCUT2D eigenvalue weighted by Gasteiger charge is -1.99. The van der Waals surface area contributed by atoms with Crippen LogP contribution in [0.25, 0.3) is 17.5 Å². The highest BCUT2D eigenvalue weighted by Gasteiger charge is 2.07. The molecule has 6 nitrogen and oxygen atoms in total. The van der Waals surface area contributed by atoms with E-state index in [-0.39, 0.29) is 12.5 Å². The summed E-state index contributed by atoms with van der Waals surface area (Å²) in [5.41, 5.74) is 0.877. The zero-order chi connectivity index (χ0) is 16.8. The third kappa shape index (κ3) is 4.08. The zero-order valence-corrected chi connectivity index (χ0v) is 13.8. The van der Waals surface area contributed by atoms with Gasteiger partial charge < -0.3 is 10.1 Å². The zero-order valence-electron chi connectivity index (χ0n) is 13.0. The van der Waals surface area contributed by atoms with Gasteiger partial charge in [0.15, 0.2) is 5.82 Å². The summed E-state index contributed by atoms with van der Waals surface area (Å²) in [5.74, 6) is 1.78. The number of aromatic amines is 1. The number of amides is 1. The number of hydrogen-bond acceptors (Lipinski definition) is 5. The molecule has 0 aliphatic heterocycles. The van der Waals surface area contributed by atoms with Gasteiger partial charge in [-0.25, -0.2) is 4.98 Å². The number of methoxy groups -OCH3 is 1. The SMILES string of the molecule is COc1ccc(-c2n[nH]c(CNC(=O)C=Cc3cccs3)n2)cc1. The topological polar surface area (TPSA) is 79.9 Å². The van der Waals surface area contributed by atoms with Gasteiger partial charge in [-0.05, 0) is 41.8 Å². The molecule has 3 aromatic rings. The van der Waals surface area contributed by atoms with Crippen molar-refractivity contribution in [3.8, 4) is 17.1 Å². The van der Waals surface area contributed by atoms with Gasteiger partial charge in [-0.2, -0.15) is 5.10 Å². The van der Waals surface area contributed by atoms with Crippen LogP contribution in [0.2, 0.25) is 0 Å². The molecule has 3 rings (SSSR count). The number of carbonyl (C=O) groups is 1. The van der Waals surface area contributed by atoms with Crippen LogP contribution in [-0.4, -0.2) is 28.2 Å². The second kappa shape index (κ2) is 7.56. The largest absolute Gasteiger partial charge is 0.497 e. The second-order valence-electron chi connectivity index (χ2n) is 4.90. The Labute approximate surface area is 143 Å². The van der Waals surface area contributed by atoms with E-state index in [1.807, 2.05) is 41.8 Å². The van der Waals surface area contributed by atoms with Crippen molar-refractivity contribution in [3.63, 3.8) is 0 Å². The Bertz CT molecular complexity index is 823. The number of nitrogens with one attached hydrogen (secondary N) is 2. The summed E-state index contributed by atoms with van der Waals surface area (Å²) in [6, 6.07) is 11.4. The van der Waals surface area contributed by atoms with Gasteiger partial charge in [0.05, 0.1) is 13.7 Å². The molecule has 0 fully saturated rings. The van der Waals surface area contributed by atoms with Gasteiger partial charge in [0, 0.05) is 16.5 Å². The van der Waals surface area contributed by atoms with Crippen LogP contribution in [-0.2, 0) is 11.3 Å². The number of thiophene rings is 1. The van der Waals surface area contributed by atoms with Gasteiger partial charge in [-0.1, -0.05) is 6.07 Å². The first-order valence-corrected chi connectivity index (χ1v) is 8.17. The van der Waals surface area contributed by atoms with E-state index < -0.39 is 0 Å². The molecule has 0 bridgehead atoms. The summed E-state index contributed by atoms with van der Waals surface area (Å²) in [6.45, 7) is 0.288. The molecule has 7 heteroatoms. The number of hydrogen-bond donors (Lipinski definition) is 2. The summed E-state index contributed by atoms with van der Waals surface area (Å²) in [7, 11) is 1.62. The normalized spacial score (nSPS) is 10.9. The number of carbonyl (C=O) groups excluding carboxylic acids is 1. The van der Waals surface area contributed by atoms with Crippen molar-refractivity contribution in [2.45, 2.75) is 6.54 Å². The van der Waals surface area contributed by atoms with Crippen LogP contribution >= 0.6 is 11.3 Å². The lowest BCUT2D eigenvalue weighted by molar-refractivity contribution is -0.116. The van der Waals surface area contributed by atoms with Gasteiger partial charge >= 0.3 is 0 Å². The van der Waals surface area contributed by atoms with Crippen molar-refractivity contribution in [1.82, 2.24) is 20.5 Å².